The number of benzene rings is 2. The maximum Gasteiger partial charge on any atom is 0.417 e. The van der Waals surface area contributed by atoms with E-state index < -0.39 is 23.9 Å². The molecule has 1 fully saturated rings. The van der Waals surface area contributed by atoms with Crippen LogP contribution in [-0.4, -0.2) is 28.8 Å². The number of nitrogens with zero attached hydrogens (tertiary/aromatic N) is 1. The molecule has 1 N–H and O–H groups in total. The van der Waals surface area contributed by atoms with E-state index in [9.17, 15) is 14.4 Å². The van der Waals surface area contributed by atoms with Gasteiger partial charge in [0.05, 0.1) is 0 Å². The smallest absolute Gasteiger partial charge is 0.417 e. The van der Waals surface area contributed by atoms with Gasteiger partial charge in [0.25, 0.3) is 0 Å². The topological polar surface area (TPSA) is 75.7 Å². The lowest BCUT2D eigenvalue weighted by Crippen LogP contribution is -2.45. The number of amides is 3. The molecule has 1 heterocycles. The zero-order valence-electron chi connectivity index (χ0n) is 13.6. The number of para-hydroxylation sites is 1. The van der Waals surface area contributed by atoms with E-state index in [0.717, 1.165) is 10.5 Å². The summed E-state index contributed by atoms with van der Waals surface area (Å²) in [5.41, 5.74) is 1.43. The summed E-state index contributed by atoms with van der Waals surface area (Å²) in [6.07, 6.45) is -0.356. The lowest BCUT2D eigenvalue weighted by atomic mass is 10.2. The van der Waals surface area contributed by atoms with Crippen molar-refractivity contribution in [3.63, 3.8) is 0 Å². The summed E-state index contributed by atoms with van der Waals surface area (Å²) < 4.78 is 5.20. The second-order valence-corrected chi connectivity index (χ2v) is 5.71. The van der Waals surface area contributed by atoms with Gasteiger partial charge in [0.1, 0.15) is 12.6 Å². The van der Waals surface area contributed by atoms with Crippen molar-refractivity contribution in [3.05, 3.63) is 66.2 Å². The summed E-state index contributed by atoms with van der Waals surface area (Å²) in [6, 6.07) is 17.2. The lowest BCUT2D eigenvalue weighted by molar-refractivity contribution is -0.131. The highest BCUT2D eigenvalue weighted by atomic mass is 16.6. The van der Waals surface area contributed by atoms with Crippen LogP contribution in [0.2, 0.25) is 0 Å². The van der Waals surface area contributed by atoms with Crippen molar-refractivity contribution in [1.82, 2.24) is 4.90 Å². The van der Waals surface area contributed by atoms with Crippen LogP contribution in [-0.2, 0) is 20.9 Å². The van der Waals surface area contributed by atoms with Crippen LogP contribution in [0, 0.1) is 0 Å². The average Bonchev–Trinajstić information content (AvgIpc) is 3.03. The van der Waals surface area contributed by atoms with Gasteiger partial charge in [-0.3, -0.25) is 9.59 Å². The molecule has 2 aromatic rings. The molecule has 25 heavy (non-hydrogen) atoms. The van der Waals surface area contributed by atoms with Crippen molar-refractivity contribution in [3.8, 4) is 0 Å². The summed E-state index contributed by atoms with van der Waals surface area (Å²) in [7, 11) is 0. The second-order valence-electron chi connectivity index (χ2n) is 5.71. The van der Waals surface area contributed by atoms with Gasteiger partial charge in [0.15, 0.2) is 0 Å². The van der Waals surface area contributed by atoms with Crippen molar-refractivity contribution in [2.75, 3.05) is 5.32 Å². The number of hydrogen-bond acceptors (Lipinski definition) is 4. The van der Waals surface area contributed by atoms with Gasteiger partial charge in [0, 0.05) is 12.1 Å². The molecule has 3 rings (SSSR count). The van der Waals surface area contributed by atoms with Gasteiger partial charge in [-0.25, -0.2) is 9.69 Å². The predicted octanol–water partition coefficient (Wildman–Crippen LogP) is 2.95. The molecule has 0 aliphatic carbocycles. The molecule has 6 nitrogen and oxygen atoms in total. The molecule has 0 unspecified atom stereocenters. The summed E-state index contributed by atoms with van der Waals surface area (Å²) in [5, 5.41) is 2.72. The SMILES string of the molecule is O=C(Nc1ccccc1)[C@@H]1CCC(=O)N1C(=O)OCc1ccccc1. The third-order valence-electron chi connectivity index (χ3n) is 3.96. The Morgan fingerprint density at radius 1 is 1.04 bits per heavy atom. The Hall–Kier alpha value is -3.15. The molecule has 0 aromatic heterocycles. The molecular weight excluding hydrogens is 320 g/mol. The molecular formula is C19H18N2O4. The van der Waals surface area contributed by atoms with Crippen molar-refractivity contribution >= 4 is 23.6 Å². The number of nitrogens with one attached hydrogen (secondary N) is 1. The molecule has 1 atom stereocenters. The normalized spacial score (nSPS) is 16.6. The van der Waals surface area contributed by atoms with E-state index in [1.807, 2.05) is 36.4 Å². The molecule has 1 aliphatic heterocycles. The number of likely N-dealkylation sites (tertiary alicyclic amines) is 1. The third kappa shape index (κ3) is 4.03. The van der Waals surface area contributed by atoms with Gasteiger partial charge in [-0.05, 0) is 24.1 Å². The minimum absolute atomic E-state index is 0.0521. The highest BCUT2D eigenvalue weighted by Gasteiger charge is 2.41. The van der Waals surface area contributed by atoms with E-state index in [4.69, 9.17) is 4.74 Å². The molecule has 0 bridgehead atoms. The van der Waals surface area contributed by atoms with E-state index in [-0.39, 0.29) is 19.4 Å². The number of anilines is 1. The van der Waals surface area contributed by atoms with Gasteiger partial charge in [-0.2, -0.15) is 0 Å². The summed E-state index contributed by atoms with van der Waals surface area (Å²) in [5.74, 6) is -0.792. The first-order valence-corrected chi connectivity index (χ1v) is 8.04. The number of rotatable bonds is 4. The molecule has 2 aromatic carbocycles. The van der Waals surface area contributed by atoms with Gasteiger partial charge >= 0.3 is 6.09 Å². The largest absolute Gasteiger partial charge is 0.444 e. The number of hydrogen-bond donors (Lipinski definition) is 1. The monoisotopic (exact) mass is 338 g/mol. The van der Waals surface area contributed by atoms with Crippen LogP contribution in [0.25, 0.3) is 0 Å². The predicted molar refractivity (Wildman–Crippen MR) is 91.6 cm³/mol. The Morgan fingerprint density at radius 3 is 2.36 bits per heavy atom. The van der Waals surface area contributed by atoms with Crippen LogP contribution in [0.3, 0.4) is 0 Å². The minimum Gasteiger partial charge on any atom is -0.444 e. The Morgan fingerprint density at radius 2 is 1.68 bits per heavy atom. The van der Waals surface area contributed by atoms with Crippen LogP contribution >= 0.6 is 0 Å². The Labute approximate surface area is 145 Å². The first-order valence-electron chi connectivity index (χ1n) is 8.04. The number of ether oxygens (including phenoxy) is 1. The van der Waals surface area contributed by atoms with Crippen LogP contribution in [0.1, 0.15) is 18.4 Å². The third-order valence-corrected chi connectivity index (χ3v) is 3.96. The standard InChI is InChI=1S/C19H18N2O4/c22-17-12-11-16(18(23)20-15-9-5-2-6-10-15)21(17)19(24)25-13-14-7-3-1-4-8-14/h1-10,16H,11-13H2,(H,20,23)/t16-/m0/s1. The van der Waals surface area contributed by atoms with Crippen molar-refractivity contribution < 1.29 is 19.1 Å². The summed E-state index contributed by atoms with van der Waals surface area (Å²) >= 11 is 0. The second kappa shape index (κ2) is 7.61. The number of carbonyl (C=O) groups excluding carboxylic acids is 3. The lowest BCUT2D eigenvalue weighted by Gasteiger charge is -2.21. The van der Waals surface area contributed by atoms with Gasteiger partial charge in [-0.1, -0.05) is 48.5 Å². The van der Waals surface area contributed by atoms with E-state index in [0.29, 0.717) is 5.69 Å². The Bertz CT molecular complexity index is 762. The fourth-order valence-corrected chi connectivity index (χ4v) is 2.70. The molecule has 0 radical (unpaired) electrons. The molecule has 1 aliphatic rings. The van der Waals surface area contributed by atoms with E-state index in [2.05, 4.69) is 5.32 Å². The maximum absolute atomic E-state index is 12.4. The molecule has 6 heteroatoms. The van der Waals surface area contributed by atoms with Crippen LogP contribution in [0.5, 0.6) is 0 Å². The Kier molecular flexibility index (Phi) is 5.09. The van der Waals surface area contributed by atoms with Crippen LogP contribution in [0.15, 0.2) is 60.7 Å². The highest BCUT2D eigenvalue weighted by Crippen LogP contribution is 2.22. The van der Waals surface area contributed by atoms with Gasteiger partial charge in [0.2, 0.25) is 11.8 Å². The maximum atomic E-state index is 12.4. The fraction of sp³-hybridized carbons (Fsp3) is 0.211. The molecule has 128 valence electrons. The molecule has 3 amide bonds. The number of carbonyl (C=O) groups is 3. The highest BCUT2D eigenvalue weighted by molar-refractivity contribution is 6.04. The van der Waals surface area contributed by atoms with E-state index in [1.54, 1.807) is 24.3 Å². The van der Waals surface area contributed by atoms with E-state index >= 15 is 0 Å². The van der Waals surface area contributed by atoms with Crippen LogP contribution in [0.4, 0.5) is 10.5 Å². The summed E-state index contributed by atoms with van der Waals surface area (Å²) in [6.45, 7) is 0.0521. The molecule has 0 saturated carbocycles. The van der Waals surface area contributed by atoms with Crippen molar-refractivity contribution in [2.45, 2.75) is 25.5 Å². The minimum atomic E-state index is -0.851. The quantitative estimate of drug-likeness (QED) is 0.930. The first-order chi connectivity index (χ1) is 12.1. The van der Waals surface area contributed by atoms with Crippen molar-refractivity contribution in [2.24, 2.45) is 0 Å². The summed E-state index contributed by atoms with van der Waals surface area (Å²) in [4.78, 5) is 37.7. The van der Waals surface area contributed by atoms with Crippen LogP contribution < -0.4 is 5.32 Å². The van der Waals surface area contributed by atoms with Gasteiger partial charge in [-0.15, -0.1) is 0 Å². The molecule has 0 spiro atoms. The molecule has 1 saturated heterocycles. The zero-order chi connectivity index (χ0) is 17.6. The fourth-order valence-electron chi connectivity index (χ4n) is 2.70. The average molecular weight is 338 g/mol. The van der Waals surface area contributed by atoms with Crippen molar-refractivity contribution in [1.29, 1.82) is 0 Å². The number of imide groups is 1. The zero-order valence-corrected chi connectivity index (χ0v) is 13.6. The van der Waals surface area contributed by atoms with E-state index in [1.165, 1.54) is 0 Å². The Balaban J connectivity index is 1.64. The first kappa shape index (κ1) is 16.7. The van der Waals surface area contributed by atoms with Gasteiger partial charge < -0.3 is 10.1 Å².